The van der Waals surface area contributed by atoms with Gasteiger partial charge in [-0.2, -0.15) is 0 Å². The Hall–Kier alpha value is -1.44. The molecule has 1 amide bonds. The fraction of sp³-hybridized carbons (Fsp3) is 0.500. The molecule has 0 radical (unpaired) electrons. The first-order chi connectivity index (χ1) is 9.95. The van der Waals surface area contributed by atoms with E-state index in [9.17, 15) is 13.2 Å². The molecule has 116 valence electrons. The maximum Gasteiger partial charge on any atom is 0.238 e. The van der Waals surface area contributed by atoms with E-state index in [1.807, 2.05) is 0 Å². The van der Waals surface area contributed by atoms with Crippen LogP contribution in [0.1, 0.15) is 24.8 Å². The van der Waals surface area contributed by atoms with Crippen LogP contribution in [0.15, 0.2) is 29.2 Å². The van der Waals surface area contributed by atoms with E-state index in [1.165, 1.54) is 12.1 Å². The maximum absolute atomic E-state index is 11.9. The van der Waals surface area contributed by atoms with Gasteiger partial charge >= 0.3 is 0 Å². The van der Waals surface area contributed by atoms with Crippen molar-refractivity contribution in [2.75, 3.05) is 13.1 Å². The first kappa shape index (κ1) is 15.9. The van der Waals surface area contributed by atoms with Gasteiger partial charge in [-0.15, -0.1) is 0 Å². The third-order valence-electron chi connectivity index (χ3n) is 3.65. The molecule has 0 spiro atoms. The van der Waals surface area contributed by atoms with E-state index in [1.54, 1.807) is 12.1 Å². The largest absolute Gasteiger partial charge is 0.352 e. The molecule has 0 aliphatic carbocycles. The van der Waals surface area contributed by atoms with E-state index in [2.05, 4.69) is 10.6 Å². The number of amides is 1. The second kappa shape index (κ2) is 7.02. The van der Waals surface area contributed by atoms with Crippen molar-refractivity contribution in [2.45, 2.75) is 30.7 Å². The fourth-order valence-electron chi connectivity index (χ4n) is 2.45. The molecule has 21 heavy (non-hydrogen) atoms. The summed E-state index contributed by atoms with van der Waals surface area (Å²) < 4.78 is 22.5. The molecule has 0 saturated carbocycles. The molecule has 1 aromatic rings. The molecule has 0 bridgehead atoms. The van der Waals surface area contributed by atoms with Crippen LogP contribution in [0.25, 0.3) is 0 Å². The highest BCUT2D eigenvalue weighted by Gasteiger charge is 2.16. The molecule has 1 aliphatic heterocycles. The molecular weight excluding hydrogens is 290 g/mol. The molecule has 1 heterocycles. The number of benzene rings is 1. The molecule has 6 nitrogen and oxygen atoms in total. The zero-order valence-electron chi connectivity index (χ0n) is 11.8. The lowest BCUT2D eigenvalue weighted by molar-refractivity contribution is -0.122. The van der Waals surface area contributed by atoms with Crippen LogP contribution in [0.2, 0.25) is 0 Å². The smallest absolute Gasteiger partial charge is 0.238 e. The zero-order valence-corrected chi connectivity index (χ0v) is 12.7. The lowest BCUT2D eigenvalue weighted by atomic mass is 9.94. The van der Waals surface area contributed by atoms with Crippen LogP contribution >= 0.6 is 0 Å². The minimum Gasteiger partial charge on any atom is -0.352 e. The van der Waals surface area contributed by atoms with Crippen molar-refractivity contribution >= 4 is 15.9 Å². The molecular formula is C14H21N3O3S. The van der Waals surface area contributed by atoms with Crippen molar-refractivity contribution in [1.82, 2.24) is 10.6 Å². The summed E-state index contributed by atoms with van der Waals surface area (Å²) in [5.41, 5.74) is 0.722. The van der Waals surface area contributed by atoms with Gasteiger partial charge in [0.05, 0.1) is 4.90 Å². The molecule has 1 aliphatic rings. The maximum atomic E-state index is 11.9. The van der Waals surface area contributed by atoms with Gasteiger partial charge in [0.25, 0.3) is 0 Å². The molecule has 0 aromatic heterocycles. The number of hydrogen-bond acceptors (Lipinski definition) is 4. The van der Waals surface area contributed by atoms with Gasteiger partial charge in [-0.3, -0.25) is 4.79 Å². The topological polar surface area (TPSA) is 101 Å². The van der Waals surface area contributed by atoms with E-state index >= 15 is 0 Å². The molecule has 0 atom stereocenters. The zero-order chi connectivity index (χ0) is 15.3. The Bertz CT molecular complexity index is 595. The van der Waals surface area contributed by atoms with Gasteiger partial charge < -0.3 is 10.6 Å². The van der Waals surface area contributed by atoms with Gasteiger partial charge in [-0.25, -0.2) is 13.6 Å². The number of carbonyl (C=O) groups is 1. The molecule has 7 heteroatoms. The van der Waals surface area contributed by atoms with Crippen LogP contribution in [0.5, 0.6) is 0 Å². The Kier molecular flexibility index (Phi) is 5.33. The summed E-state index contributed by atoms with van der Waals surface area (Å²) in [7, 11) is -3.71. The third kappa shape index (κ3) is 5.11. The molecule has 2 rings (SSSR count). The number of sulfonamides is 1. The number of hydrogen-bond donors (Lipinski definition) is 3. The van der Waals surface area contributed by atoms with Crippen molar-refractivity contribution in [1.29, 1.82) is 0 Å². The summed E-state index contributed by atoms with van der Waals surface area (Å²) in [4.78, 5) is 12.0. The Morgan fingerprint density at radius 3 is 2.71 bits per heavy atom. The van der Waals surface area contributed by atoms with Crippen LogP contribution in [0.3, 0.4) is 0 Å². The van der Waals surface area contributed by atoms with E-state index in [4.69, 9.17) is 5.14 Å². The number of nitrogens with two attached hydrogens (primary N) is 1. The van der Waals surface area contributed by atoms with E-state index in [0.29, 0.717) is 18.9 Å². The normalized spacial score (nSPS) is 16.6. The Morgan fingerprint density at radius 1 is 1.33 bits per heavy atom. The van der Waals surface area contributed by atoms with Crippen LogP contribution in [0.4, 0.5) is 0 Å². The number of nitrogens with one attached hydrogen (secondary N) is 2. The number of primary sulfonamides is 1. The predicted octanol–water partition coefficient (Wildman–Crippen LogP) is 0.340. The Balaban J connectivity index is 1.86. The molecule has 1 aromatic carbocycles. The van der Waals surface area contributed by atoms with Crippen molar-refractivity contribution in [3.63, 3.8) is 0 Å². The number of piperidine rings is 1. The Morgan fingerprint density at radius 2 is 2.05 bits per heavy atom. The van der Waals surface area contributed by atoms with Crippen molar-refractivity contribution in [3.8, 4) is 0 Å². The second-order valence-electron chi connectivity index (χ2n) is 5.37. The summed E-state index contributed by atoms with van der Waals surface area (Å²) in [5.74, 6) is 0.435. The van der Waals surface area contributed by atoms with Crippen LogP contribution in [0, 0.1) is 5.92 Å². The number of carbonyl (C=O) groups excluding carboxylic acids is 1. The van der Waals surface area contributed by atoms with Gasteiger partial charge in [0.1, 0.15) is 0 Å². The van der Waals surface area contributed by atoms with Crippen molar-refractivity contribution < 1.29 is 13.2 Å². The number of rotatable bonds is 5. The lowest BCUT2D eigenvalue weighted by Crippen LogP contribution is -2.32. The highest BCUT2D eigenvalue weighted by atomic mass is 32.2. The summed E-state index contributed by atoms with van der Waals surface area (Å²) in [5, 5.41) is 11.2. The molecule has 4 N–H and O–H groups in total. The van der Waals surface area contributed by atoms with E-state index in [0.717, 1.165) is 31.5 Å². The van der Waals surface area contributed by atoms with Gasteiger partial charge in [-0.1, -0.05) is 12.1 Å². The molecule has 1 saturated heterocycles. The van der Waals surface area contributed by atoms with E-state index in [-0.39, 0.29) is 10.8 Å². The minimum absolute atomic E-state index is 0.00269. The van der Waals surface area contributed by atoms with Gasteiger partial charge in [0.2, 0.25) is 15.9 Å². The van der Waals surface area contributed by atoms with Crippen molar-refractivity contribution in [3.05, 3.63) is 29.8 Å². The SMILES string of the molecule is NS(=O)(=O)c1cccc(CNC(=O)CC2CCNCC2)c1. The standard InChI is InChI=1S/C14H21N3O3S/c15-21(19,20)13-3-1-2-12(8-13)10-17-14(18)9-11-4-6-16-7-5-11/h1-3,8,11,16H,4-7,9-10H2,(H,17,18)(H2,15,19,20). The van der Waals surface area contributed by atoms with E-state index < -0.39 is 10.0 Å². The monoisotopic (exact) mass is 311 g/mol. The highest BCUT2D eigenvalue weighted by molar-refractivity contribution is 7.89. The Labute approximate surface area is 125 Å². The first-order valence-corrected chi connectivity index (χ1v) is 8.59. The first-order valence-electron chi connectivity index (χ1n) is 7.04. The summed E-state index contributed by atoms with van der Waals surface area (Å²) in [6, 6.07) is 6.31. The predicted molar refractivity (Wildman–Crippen MR) is 79.9 cm³/mol. The van der Waals surface area contributed by atoms with Gasteiger partial charge in [-0.05, 0) is 49.5 Å². The van der Waals surface area contributed by atoms with Crippen LogP contribution < -0.4 is 15.8 Å². The molecule has 1 fully saturated rings. The average molecular weight is 311 g/mol. The summed E-state index contributed by atoms with van der Waals surface area (Å²) >= 11 is 0. The average Bonchev–Trinajstić information content (AvgIpc) is 2.46. The van der Waals surface area contributed by atoms with Crippen molar-refractivity contribution in [2.24, 2.45) is 11.1 Å². The molecule has 0 unspecified atom stereocenters. The summed E-state index contributed by atoms with van der Waals surface area (Å²) in [6.07, 6.45) is 2.57. The highest BCUT2D eigenvalue weighted by Crippen LogP contribution is 2.15. The summed E-state index contributed by atoms with van der Waals surface area (Å²) in [6.45, 7) is 2.25. The van der Waals surface area contributed by atoms with Gasteiger partial charge in [0, 0.05) is 13.0 Å². The fourth-order valence-corrected chi connectivity index (χ4v) is 3.04. The van der Waals surface area contributed by atoms with Crippen LogP contribution in [-0.4, -0.2) is 27.4 Å². The minimum atomic E-state index is -3.71. The van der Waals surface area contributed by atoms with Gasteiger partial charge in [0.15, 0.2) is 0 Å². The third-order valence-corrected chi connectivity index (χ3v) is 4.56. The second-order valence-corrected chi connectivity index (χ2v) is 6.93. The van der Waals surface area contributed by atoms with Crippen LogP contribution in [-0.2, 0) is 21.4 Å². The quantitative estimate of drug-likeness (QED) is 0.730. The lowest BCUT2D eigenvalue weighted by Gasteiger charge is -2.21.